The van der Waals surface area contributed by atoms with E-state index in [0.717, 1.165) is 36.3 Å². The lowest BCUT2D eigenvalue weighted by Gasteiger charge is -2.41. The first kappa shape index (κ1) is 32.2. The minimum absolute atomic E-state index is 0.0700. The van der Waals surface area contributed by atoms with Crippen LogP contribution in [0.2, 0.25) is 0 Å². The van der Waals surface area contributed by atoms with Gasteiger partial charge in [0.2, 0.25) is 5.91 Å². The van der Waals surface area contributed by atoms with Gasteiger partial charge in [-0.25, -0.2) is 9.67 Å². The monoisotopic (exact) mass is 705 g/mol. The maximum Gasteiger partial charge on any atom is 0.259 e. The Kier molecular flexibility index (Phi) is 8.59. The normalized spacial score (nSPS) is 17.9. The number of fused-ring (bicyclic) bond motifs is 1. The summed E-state index contributed by atoms with van der Waals surface area (Å²) in [6.45, 7) is 7.18. The number of nitrogens with one attached hydrogen (secondary N) is 2. The van der Waals surface area contributed by atoms with Crippen molar-refractivity contribution < 1.29 is 9.59 Å². The first-order chi connectivity index (χ1) is 24.3. The van der Waals surface area contributed by atoms with Gasteiger partial charge >= 0.3 is 0 Å². The average Bonchev–Trinajstić information content (AvgIpc) is 3.86. The van der Waals surface area contributed by atoms with Crippen molar-refractivity contribution in [2.24, 2.45) is 5.92 Å². The second-order valence-electron chi connectivity index (χ2n) is 12.9. The summed E-state index contributed by atoms with van der Waals surface area (Å²) in [6.07, 6.45) is 6.25. The van der Waals surface area contributed by atoms with Gasteiger partial charge in [0.15, 0.2) is 0 Å². The van der Waals surface area contributed by atoms with E-state index in [4.69, 9.17) is 4.98 Å². The molecule has 1 saturated carbocycles. The van der Waals surface area contributed by atoms with Gasteiger partial charge in [-0.1, -0.05) is 35.5 Å². The Morgan fingerprint density at radius 2 is 1.76 bits per heavy atom. The second kappa shape index (κ2) is 13.3. The van der Waals surface area contributed by atoms with Gasteiger partial charge in [0, 0.05) is 54.1 Å². The number of thiophene rings is 2. The summed E-state index contributed by atoms with van der Waals surface area (Å²) in [6, 6.07) is 16.0. The van der Waals surface area contributed by atoms with Crippen LogP contribution in [0, 0.1) is 19.8 Å². The van der Waals surface area contributed by atoms with Crippen LogP contribution >= 0.6 is 22.7 Å². The van der Waals surface area contributed by atoms with Gasteiger partial charge in [0.05, 0.1) is 40.5 Å². The highest BCUT2D eigenvalue weighted by Crippen LogP contribution is 2.34. The number of aromatic amines is 1. The zero-order valence-corrected chi connectivity index (χ0v) is 29.3. The number of amides is 2. The fourth-order valence-corrected chi connectivity index (χ4v) is 8.60. The maximum atomic E-state index is 13.3. The molecular weight excluding hydrogens is 671 g/mol. The third-order valence-electron chi connectivity index (χ3n) is 9.63. The van der Waals surface area contributed by atoms with E-state index in [1.54, 1.807) is 39.6 Å². The zero-order valence-electron chi connectivity index (χ0n) is 27.6. The van der Waals surface area contributed by atoms with E-state index in [2.05, 4.69) is 48.7 Å². The van der Waals surface area contributed by atoms with Crippen molar-refractivity contribution in [2.45, 2.75) is 39.3 Å². The molecule has 0 spiro atoms. The van der Waals surface area contributed by atoms with Gasteiger partial charge in [0.25, 0.3) is 11.5 Å². The van der Waals surface area contributed by atoms with Crippen LogP contribution < -0.4 is 10.9 Å². The van der Waals surface area contributed by atoms with Crippen LogP contribution in [0.25, 0.3) is 36.9 Å². The Morgan fingerprint density at radius 1 is 0.980 bits per heavy atom. The minimum atomic E-state index is -0.229. The SMILES string of the molecule is Cc1sc2nc(CN3CCN(C(=O)C4CC(NC(=O)c5cncc(-n6cc(-c7ccc(-c8ccccc8)s7)nn6)c5)C4)CC3)[nH]c(=O)c2c1C. The van der Waals surface area contributed by atoms with Crippen molar-refractivity contribution >= 4 is 44.7 Å². The van der Waals surface area contributed by atoms with E-state index < -0.39 is 0 Å². The van der Waals surface area contributed by atoms with Gasteiger partial charge in [-0.3, -0.25) is 24.3 Å². The molecule has 254 valence electrons. The molecular formula is C36H35N9O3S2. The molecule has 2 amide bonds. The summed E-state index contributed by atoms with van der Waals surface area (Å²) in [5.41, 5.74) is 3.86. The summed E-state index contributed by atoms with van der Waals surface area (Å²) >= 11 is 3.20. The highest BCUT2D eigenvalue weighted by atomic mass is 32.1. The van der Waals surface area contributed by atoms with Crippen LogP contribution in [0.5, 0.6) is 0 Å². The molecule has 12 nitrogen and oxygen atoms in total. The van der Waals surface area contributed by atoms with Gasteiger partial charge < -0.3 is 15.2 Å². The number of carbonyl (C=O) groups is 2. The highest BCUT2D eigenvalue weighted by Gasteiger charge is 2.38. The van der Waals surface area contributed by atoms with Crippen LogP contribution in [0.4, 0.5) is 0 Å². The molecule has 0 atom stereocenters. The fraction of sp³-hybridized carbons (Fsp3) is 0.306. The topological polar surface area (TPSA) is 142 Å². The summed E-state index contributed by atoms with van der Waals surface area (Å²) in [4.78, 5) is 59.2. The molecule has 6 aromatic rings. The van der Waals surface area contributed by atoms with E-state index in [9.17, 15) is 14.4 Å². The number of hydrogen-bond donors (Lipinski definition) is 2. The third-order valence-corrected chi connectivity index (χ3v) is 11.9. The number of aryl methyl sites for hydroxylation is 2. The molecule has 2 aliphatic rings. The van der Waals surface area contributed by atoms with Crippen molar-refractivity contribution in [1.29, 1.82) is 0 Å². The Labute approximate surface area is 295 Å². The number of piperazine rings is 1. The lowest BCUT2D eigenvalue weighted by atomic mass is 9.79. The predicted molar refractivity (Wildman–Crippen MR) is 193 cm³/mol. The highest BCUT2D eigenvalue weighted by molar-refractivity contribution is 7.19. The van der Waals surface area contributed by atoms with Gasteiger partial charge in [0.1, 0.15) is 16.3 Å². The molecule has 1 aliphatic carbocycles. The third kappa shape index (κ3) is 6.37. The molecule has 2 N–H and O–H groups in total. The maximum absolute atomic E-state index is 13.3. The molecule has 0 radical (unpaired) electrons. The van der Waals surface area contributed by atoms with E-state index >= 15 is 0 Å². The molecule has 50 heavy (non-hydrogen) atoms. The van der Waals surface area contributed by atoms with Gasteiger partial charge in [-0.05, 0) is 56.0 Å². The van der Waals surface area contributed by atoms with Crippen LogP contribution in [0.1, 0.15) is 39.5 Å². The van der Waals surface area contributed by atoms with Crippen molar-refractivity contribution in [3.63, 3.8) is 0 Å². The smallest absolute Gasteiger partial charge is 0.259 e. The number of hydrogen-bond acceptors (Lipinski definition) is 10. The lowest BCUT2D eigenvalue weighted by molar-refractivity contribution is -0.140. The lowest BCUT2D eigenvalue weighted by Crippen LogP contribution is -2.54. The van der Waals surface area contributed by atoms with Gasteiger partial charge in [-0.15, -0.1) is 27.8 Å². The van der Waals surface area contributed by atoms with Crippen molar-refractivity contribution in [3.05, 3.63) is 99.3 Å². The number of H-pyrrole nitrogens is 1. The molecule has 14 heteroatoms. The number of nitrogens with zero attached hydrogens (tertiary/aromatic N) is 7. The molecule has 5 aromatic heterocycles. The number of rotatable bonds is 8. The number of carbonyl (C=O) groups excluding carboxylic acids is 2. The van der Waals surface area contributed by atoms with Crippen LogP contribution in [0.3, 0.4) is 0 Å². The standard InChI is InChI=1S/C36H35N9O3S2/c1-21-22(2)49-35-32(21)34(47)39-31(40-35)20-43-10-12-44(13-11-43)36(48)24-14-26(15-24)38-33(46)25-16-27(18-37-17-25)45-19-28(41-42-45)30-9-8-29(50-30)23-6-4-3-5-7-23/h3-9,16-19,24,26H,10-15,20H2,1-2H3,(H,38,46)(H,39,40,47). The first-order valence-corrected chi connectivity index (χ1v) is 18.3. The fourth-order valence-electron chi connectivity index (χ4n) is 6.59. The summed E-state index contributed by atoms with van der Waals surface area (Å²) in [5, 5.41) is 12.4. The van der Waals surface area contributed by atoms with Crippen LogP contribution in [0.15, 0.2) is 71.9 Å². The molecule has 1 aromatic carbocycles. The summed E-state index contributed by atoms with van der Waals surface area (Å²) in [7, 11) is 0. The molecule has 0 unspecified atom stereocenters. The molecule has 0 bridgehead atoms. The number of pyridine rings is 1. The summed E-state index contributed by atoms with van der Waals surface area (Å²) in [5.74, 6) is 0.465. The quantitative estimate of drug-likeness (QED) is 0.230. The van der Waals surface area contributed by atoms with Crippen molar-refractivity contribution in [1.82, 2.24) is 45.1 Å². The molecule has 8 rings (SSSR count). The Hall–Kier alpha value is -5.05. The zero-order chi connectivity index (χ0) is 34.4. The number of aromatic nitrogens is 6. The van der Waals surface area contributed by atoms with Gasteiger partial charge in [-0.2, -0.15) is 0 Å². The van der Waals surface area contributed by atoms with E-state index in [-0.39, 0.29) is 29.3 Å². The first-order valence-electron chi connectivity index (χ1n) is 16.6. The summed E-state index contributed by atoms with van der Waals surface area (Å²) < 4.78 is 1.62. The van der Waals surface area contributed by atoms with Crippen molar-refractivity contribution in [2.75, 3.05) is 26.2 Å². The molecule has 2 fully saturated rings. The largest absolute Gasteiger partial charge is 0.349 e. The molecule has 1 saturated heterocycles. The van der Waals surface area contributed by atoms with Crippen LogP contribution in [-0.4, -0.2) is 83.8 Å². The van der Waals surface area contributed by atoms with E-state index in [0.29, 0.717) is 68.0 Å². The number of benzene rings is 1. The van der Waals surface area contributed by atoms with E-state index in [1.807, 2.05) is 49.2 Å². The molecule has 1 aliphatic heterocycles. The predicted octanol–water partition coefficient (Wildman–Crippen LogP) is 4.83. The minimum Gasteiger partial charge on any atom is -0.349 e. The van der Waals surface area contributed by atoms with Crippen molar-refractivity contribution in [3.8, 4) is 26.7 Å². The Morgan fingerprint density at radius 3 is 2.56 bits per heavy atom. The average molecular weight is 706 g/mol. The Balaban J connectivity index is 0.819. The second-order valence-corrected chi connectivity index (χ2v) is 15.2. The Bertz CT molecular complexity index is 2260. The molecule has 6 heterocycles. The van der Waals surface area contributed by atoms with E-state index in [1.165, 1.54) is 6.20 Å². The van der Waals surface area contributed by atoms with Crippen LogP contribution in [-0.2, 0) is 11.3 Å².